The quantitative estimate of drug-likeness (QED) is 0.620. The average molecular weight is 266 g/mol. The van der Waals surface area contributed by atoms with Gasteiger partial charge < -0.3 is 4.42 Å². The molecule has 0 aliphatic rings. The van der Waals surface area contributed by atoms with Gasteiger partial charge in [-0.3, -0.25) is 0 Å². The smallest absolute Gasteiger partial charge is 0.278 e. The van der Waals surface area contributed by atoms with Crippen LogP contribution < -0.4 is 0 Å². The van der Waals surface area contributed by atoms with Crippen molar-refractivity contribution in [2.75, 3.05) is 0 Å². The molecule has 1 rings (SSSR count). The molecule has 11 heavy (non-hydrogen) atoms. The minimum atomic E-state index is 0.633. The van der Waals surface area contributed by atoms with Crippen LogP contribution in [0.4, 0.5) is 0 Å². The summed E-state index contributed by atoms with van der Waals surface area (Å²) in [6.45, 7) is 2.18. The lowest BCUT2D eigenvalue weighted by Crippen LogP contribution is -1.84. The molecule has 0 aliphatic carbocycles. The molecule has 0 saturated heterocycles. The lowest BCUT2D eigenvalue weighted by atomic mass is 10.2. The summed E-state index contributed by atoms with van der Waals surface area (Å²) in [6.07, 6.45) is 4.53. The standard InChI is InChI=1S/C7H11IN2O/c1-2-3-4-5-6-9-10-7(8)11-6/h2-5H2,1H3. The Hall–Kier alpha value is -0.130. The number of hydrogen-bond acceptors (Lipinski definition) is 3. The highest BCUT2D eigenvalue weighted by atomic mass is 127. The maximum Gasteiger partial charge on any atom is 0.278 e. The maximum absolute atomic E-state index is 5.19. The fourth-order valence-corrected chi connectivity index (χ4v) is 1.22. The summed E-state index contributed by atoms with van der Waals surface area (Å²) in [5, 5.41) is 7.63. The minimum absolute atomic E-state index is 0.633. The lowest BCUT2D eigenvalue weighted by molar-refractivity contribution is 0.459. The Kier molecular flexibility index (Phi) is 3.82. The van der Waals surface area contributed by atoms with Crippen molar-refractivity contribution in [2.24, 2.45) is 0 Å². The predicted molar refractivity (Wildman–Crippen MR) is 50.2 cm³/mol. The molecule has 0 radical (unpaired) electrons. The third-order valence-electron chi connectivity index (χ3n) is 1.44. The molecule has 3 nitrogen and oxygen atoms in total. The second-order valence-corrected chi connectivity index (χ2v) is 3.33. The van der Waals surface area contributed by atoms with Gasteiger partial charge in [0.2, 0.25) is 5.89 Å². The van der Waals surface area contributed by atoms with Gasteiger partial charge in [0.1, 0.15) is 0 Å². The van der Waals surface area contributed by atoms with Crippen molar-refractivity contribution in [3.05, 3.63) is 9.79 Å². The number of aryl methyl sites for hydroxylation is 1. The minimum Gasteiger partial charge on any atom is -0.416 e. The van der Waals surface area contributed by atoms with Gasteiger partial charge in [0, 0.05) is 29.0 Å². The van der Waals surface area contributed by atoms with Gasteiger partial charge in [-0.2, -0.15) is 0 Å². The van der Waals surface area contributed by atoms with Gasteiger partial charge in [-0.15, -0.1) is 10.2 Å². The molecule has 0 atom stereocenters. The van der Waals surface area contributed by atoms with E-state index in [0.717, 1.165) is 18.7 Å². The first-order valence-electron chi connectivity index (χ1n) is 3.81. The Balaban J connectivity index is 2.27. The molecule has 1 aromatic rings. The number of aromatic nitrogens is 2. The summed E-state index contributed by atoms with van der Waals surface area (Å²) in [5.74, 6) is 0.767. The van der Waals surface area contributed by atoms with E-state index in [2.05, 4.69) is 17.1 Å². The van der Waals surface area contributed by atoms with Crippen LogP contribution in [0, 0.1) is 3.90 Å². The molecule has 1 heterocycles. The Bertz CT molecular complexity index is 212. The summed E-state index contributed by atoms with van der Waals surface area (Å²) in [4.78, 5) is 0. The summed E-state index contributed by atoms with van der Waals surface area (Å²) < 4.78 is 5.83. The zero-order valence-electron chi connectivity index (χ0n) is 6.51. The van der Waals surface area contributed by atoms with Gasteiger partial charge in [0.15, 0.2) is 0 Å². The van der Waals surface area contributed by atoms with Crippen molar-refractivity contribution < 1.29 is 4.42 Å². The van der Waals surface area contributed by atoms with Crippen molar-refractivity contribution in [1.82, 2.24) is 10.2 Å². The van der Waals surface area contributed by atoms with Crippen LogP contribution >= 0.6 is 22.6 Å². The van der Waals surface area contributed by atoms with Crippen LogP contribution in [0.15, 0.2) is 4.42 Å². The topological polar surface area (TPSA) is 38.9 Å². The van der Waals surface area contributed by atoms with E-state index in [1.165, 1.54) is 12.8 Å². The fraction of sp³-hybridized carbons (Fsp3) is 0.714. The highest BCUT2D eigenvalue weighted by Crippen LogP contribution is 2.06. The number of rotatable bonds is 4. The first-order chi connectivity index (χ1) is 5.33. The van der Waals surface area contributed by atoms with E-state index in [1.807, 2.05) is 22.6 Å². The second-order valence-electron chi connectivity index (χ2n) is 2.41. The largest absolute Gasteiger partial charge is 0.416 e. The van der Waals surface area contributed by atoms with Gasteiger partial charge in [-0.25, -0.2) is 0 Å². The SMILES string of the molecule is CCCCCc1nnc(I)o1. The second kappa shape index (κ2) is 4.69. The van der Waals surface area contributed by atoms with Gasteiger partial charge in [-0.05, 0) is 6.42 Å². The molecule has 4 heteroatoms. The van der Waals surface area contributed by atoms with Crippen molar-refractivity contribution in [1.29, 1.82) is 0 Å². The molecule has 0 bridgehead atoms. The molecule has 0 amide bonds. The van der Waals surface area contributed by atoms with E-state index in [1.54, 1.807) is 0 Å². The monoisotopic (exact) mass is 266 g/mol. The average Bonchev–Trinajstić information content (AvgIpc) is 2.37. The molecule has 0 unspecified atom stereocenters. The molecular formula is C7H11IN2O. The number of halogens is 1. The number of unbranched alkanes of at least 4 members (excludes halogenated alkanes) is 2. The van der Waals surface area contributed by atoms with Crippen molar-refractivity contribution in [3.63, 3.8) is 0 Å². The van der Waals surface area contributed by atoms with Crippen molar-refractivity contribution in [2.45, 2.75) is 32.6 Å². The highest BCUT2D eigenvalue weighted by molar-refractivity contribution is 14.1. The molecular weight excluding hydrogens is 255 g/mol. The van der Waals surface area contributed by atoms with Gasteiger partial charge >= 0.3 is 0 Å². The van der Waals surface area contributed by atoms with E-state index in [4.69, 9.17) is 4.42 Å². The molecule has 0 N–H and O–H groups in total. The van der Waals surface area contributed by atoms with Gasteiger partial charge in [0.05, 0.1) is 0 Å². The van der Waals surface area contributed by atoms with Crippen molar-refractivity contribution >= 4 is 22.6 Å². The lowest BCUT2D eigenvalue weighted by Gasteiger charge is -1.91. The number of nitrogens with zero attached hydrogens (tertiary/aromatic N) is 2. The summed E-state index contributed by atoms with van der Waals surface area (Å²) in [5.41, 5.74) is 0. The molecule has 0 aliphatic heterocycles. The molecule has 0 aromatic carbocycles. The van der Waals surface area contributed by atoms with Crippen LogP contribution in [0.3, 0.4) is 0 Å². The van der Waals surface area contributed by atoms with Crippen LogP contribution in [0.25, 0.3) is 0 Å². The van der Waals surface area contributed by atoms with Crippen molar-refractivity contribution in [3.8, 4) is 0 Å². The third kappa shape index (κ3) is 3.18. The summed E-state index contributed by atoms with van der Waals surface area (Å²) in [7, 11) is 0. The van der Waals surface area contributed by atoms with E-state index in [-0.39, 0.29) is 0 Å². The van der Waals surface area contributed by atoms with Gasteiger partial charge in [-0.1, -0.05) is 19.8 Å². The fourth-order valence-electron chi connectivity index (χ4n) is 0.860. The van der Waals surface area contributed by atoms with Crippen LogP contribution in [0.1, 0.15) is 32.1 Å². The molecule has 62 valence electrons. The van der Waals surface area contributed by atoms with E-state index in [9.17, 15) is 0 Å². The third-order valence-corrected chi connectivity index (χ3v) is 1.87. The molecule has 0 spiro atoms. The summed E-state index contributed by atoms with van der Waals surface area (Å²) >= 11 is 2.02. The van der Waals surface area contributed by atoms with E-state index < -0.39 is 0 Å². The van der Waals surface area contributed by atoms with Crippen LogP contribution in [-0.4, -0.2) is 10.2 Å². The molecule has 0 saturated carbocycles. The first-order valence-corrected chi connectivity index (χ1v) is 4.88. The Morgan fingerprint density at radius 3 is 2.73 bits per heavy atom. The zero-order chi connectivity index (χ0) is 8.10. The normalized spacial score (nSPS) is 10.4. The Morgan fingerprint density at radius 2 is 2.18 bits per heavy atom. The predicted octanol–water partition coefficient (Wildman–Crippen LogP) is 2.41. The summed E-state index contributed by atoms with van der Waals surface area (Å²) in [6, 6.07) is 0. The van der Waals surface area contributed by atoms with Crippen LogP contribution in [0.2, 0.25) is 0 Å². The Morgan fingerprint density at radius 1 is 1.36 bits per heavy atom. The van der Waals surface area contributed by atoms with Crippen LogP contribution in [-0.2, 0) is 6.42 Å². The van der Waals surface area contributed by atoms with E-state index in [0.29, 0.717) is 3.90 Å². The highest BCUT2D eigenvalue weighted by Gasteiger charge is 2.00. The molecule has 1 aromatic heterocycles. The van der Waals surface area contributed by atoms with Gasteiger partial charge in [0.25, 0.3) is 3.90 Å². The molecule has 0 fully saturated rings. The zero-order valence-corrected chi connectivity index (χ0v) is 8.67. The maximum atomic E-state index is 5.19. The number of hydrogen-bond donors (Lipinski definition) is 0. The van der Waals surface area contributed by atoms with Crippen LogP contribution in [0.5, 0.6) is 0 Å². The van der Waals surface area contributed by atoms with E-state index >= 15 is 0 Å². The first kappa shape index (κ1) is 8.96. The Labute approximate surface area is 79.7 Å².